The van der Waals surface area contributed by atoms with Crippen molar-refractivity contribution >= 4 is 32.2 Å². The van der Waals surface area contributed by atoms with E-state index in [4.69, 9.17) is 0 Å². The summed E-state index contributed by atoms with van der Waals surface area (Å²) < 4.78 is 0. The molecule has 2 heterocycles. The Morgan fingerprint density at radius 1 is 1.56 bits per heavy atom. The van der Waals surface area contributed by atoms with Crippen LogP contribution in [0.3, 0.4) is 0 Å². The van der Waals surface area contributed by atoms with Crippen LogP contribution in [0.1, 0.15) is 0 Å². The average Bonchev–Trinajstić information content (AvgIpc) is 2.33. The van der Waals surface area contributed by atoms with Crippen molar-refractivity contribution in [3.05, 3.63) is 0 Å². The van der Waals surface area contributed by atoms with Crippen molar-refractivity contribution in [2.24, 2.45) is 0 Å². The van der Waals surface area contributed by atoms with Crippen LogP contribution in [0.25, 0.3) is 0 Å². The van der Waals surface area contributed by atoms with Gasteiger partial charge in [-0.15, -0.1) is 0 Å². The predicted octanol–water partition coefficient (Wildman–Crippen LogP) is -1.75. The van der Waals surface area contributed by atoms with Gasteiger partial charge in [0.2, 0.25) is 0 Å². The molecule has 1 N–H and O–H groups in total. The fourth-order valence-corrected chi connectivity index (χ4v) is 1.52. The van der Waals surface area contributed by atoms with E-state index in [1.54, 1.807) is 5.36 Å². The van der Waals surface area contributed by atoms with Gasteiger partial charge in [0.05, 0.1) is 0 Å². The van der Waals surface area contributed by atoms with Crippen molar-refractivity contribution in [1.82, 2.24) is 5.32 Å². The molecule has 0 bridgehead atoms. The van der Waals surface area contributed by atoms with Gasteiger partial charge in [-0.25, -0.2) is 0 Å². The van der Waals surface area contributed by atoms with Crippen LogP contribution in [-0.4, -0.2) is 45.3 Å². The molecule has 0 aromatic rings. The third-order valence-electron chi connectivity index (χ3n) is 2.09. The molecule has 0 aromatic heterocycles. The molecule has 5 heteroatoms. The van der Waals surface area contributed by atoms with E-state index in [-0.39, 0.29) is 0 Å². The van der Waals surface area contributed by atoms with E-state index in [1.165, 1.54) is 12.9 Å². The summed E-state index contributed by atoms with van der Waals surface area (Å²) in [5.74, 6) is 0. The predicted molar refractivity (Wildman–Crippen MR) is 45.7 cm³/mol. The number of rotatable bonds is 0. The van der Waals surface area contributed by atoms with E-state index in [9.17, 15) is 0 Å². The second-order valence-electron chi connectivity index (χ2n) is 2.70. The number of hydrogen-bond donors (Lipinski definition) is 1. The van der Waals surface area contributed by atoms with Gasteiger partial charge in [0.15, 0.2) is 0 Å². The zero-order chi connectivity index (χ0) is 6.10. The van der Waals surface area contributed by atoms with Crippen LogP contribution in [0.15, 0.2) is 0 Å². The third-order valence-corrected chi connectivity index (χ3v) is 2.09. The Bertz CT molecular complexity index is 175. The monoisotopic (exact) mass is 113 g/mol. The number of fused-ring (bicyclic) bond motifs is 1. The van der Waals surface area contributed by atoms with Gasteiger partial charge in [0.1, 0.15) is 0 Å². The zero-order valence-electron chi connectivity index (χ0n) is 5.43. The average molecular weight is 112 g/mol. The Morgan fingerprint density at radius 3 is 3.44 bits per heavy atom. The zero-order valence-corrected chi connectivity index (χ0v) is 5.43. The molecule has 40 valence electrons. The number of nitrogens with one attached hydrogen (secondary N) is 1. The van der Waals surface area contributed by atoms with Gasteiger partial charge in [0.25, 0.3) is 0 Å². The summed E-state index contributed by atoms with van der Waals surface area (Å²) in [6.07, 6.45) is 1.29. The fourth-order valence-electron chi connectivity index (χ4n) is 1.52. The molecule has 0 atom stereocenters. The first kappa shape index (κ1) is 5.84. The molecule has 2 aliphatic heterocycles. The third kappa shape index (κ3) is 1.03. The SMILES string of the molecule is B1=BB2CCNCC2=B1. The topological polar surface area (TPSA) is 12.0 Å². The molecule has 0 saturated carbocycles. The Labute approximate surface area is 57.7 Å². The summed E-state index contributed by atoms with van der Waals surface area (Å²) in [7, 11) is 0. The Balaban J connectivity index is 2.16. The van der Waals surface area contributed by atoms with E-state index in [1.807, 2.05) is 0 Å². The number of hydrogen-bond acceptors (Lipinski definition) is 1. The second-order valence-corrected chi connectivity index (χ2v) is 2.70. The van der Waals surface area contributed by atoms with Crippen LogP contribution in [0, 0.1) is 0 Å². The molecular weight excluding hydrogens is 105 g/mol. The molecule has 0 aromatic carbocycles. The van der Waals surface area contributed by atoms with E-state index in [0.717, 1.165) is 13.1 Å². The van der Waals surface area contributed by atoms with Gasteiger partial charge in [-0.1, -0.05) is 0 Å². The van der Waals surface area contributed by atoms with Gasteiger partial charge in [0, 0.05) is 0 Å². The normalized spacial score (nSPS) is 21.3. The van der Waals surface area contributed by atoms with E-state index in [2.05, 4.69) is 25.5 Å². The van der Waals surface area contributed by atoms with E-state index >= 15 is 0 Å². The summed E-state index contributed by atoms with van der Waals surface area (Å²) >= 11 is 0. The summed E-state index contributed by atoms with van der Waals surface area (Å²) in [6.45, 7) is 9.79. The standard InChI is InChI=1S/C4H7B4N/c1-2-9-3-4-5-6-7-8(1)4/h9H,1-3H2. The molecule has 2 aliphatic rings. The van der Waals surface area contributed by atoms with Gasteiger partial charge in [-0.2, -0.15) is 0 Å². The molecule has 0 amide bonds. The quantitative estimate of drug-likeness (QED) is 0.367. The molecule has 1 fully saturated rings. The van der Waals surface area contributed by atoms with Crippen molar-refractivity contribution in [2.75, 3.05) is 13.1 Å². The summed E-state index contributed by atoms with van der Waals surface area (Å²) in [5.41, 5.74) is 0. The van der Waals surface area contributed by atoms with Gasteiger partial charge >= 0.3 is 56.9 Å². The maximum absolute atomic E-state index is 3.35. The van der Waals surface area contributed by atoms with Gasteiger partial charge < -0.3 is 0 Å². The van der Waals surface area contributed by atoms with Crippen molar-refractivity contribution < 1.29 is 0 Å². The van der Waals surface area contributed by atoms with Crippen LogP contribution in [0.2, 0.25) is 6.32 Å². The summed E-state index contributed by atoms with van der Waals surface area (Å²) in [5, 5.41) is 4.92. The Morgan fingerprint density at radius 2 is 2.56 bits per heavy atom. The van der Waals surface area contributed by atoms with Crippen LogP contribution < -0.4 is 5.32 Å². The van der Waals surface area contributed by atoms with Crippen molar-refractivity contribution in [3.63, 3.8) is 0 Å². The molecule has 1 saturated heterocycles. The van der Waals surface area contributed by atoms with Crippen LogP contribution in [0.5, 0.6) is 0 Å². The van der Waals surface area contributed by atoms with Crippen LogP contribution >= 0.6 is 0 Å². The molecule has 0 unspecified atom stereocenters. The van der Waals surface area contributed by atoms with Crippen LogP contribution in [0.4, 0.5) is 0 Å². The molecule has 0 aliphatic carbocycles. The van der Waals surface area contributed by atoms with Crippen molar-refractivity contribution in [2.45, 2.75) is 6.32 Å². The van der Waals surface area contributed by atoms with Crippen molar-refractivity contribution in [3.8, 4) is 0 Å². The van der Waals surface area contributed by atoms with E-state index < -0.39 is 0 Å². The molecule has 9 heavy (non-hydrogen) atoms. The van der Waals surface area contributed by atoms with Crippen molar-refractivity contribution in [1.29, 1.82) is 0 Å². The molecule has 1 nitrogen and oxygen atoms in total. The molecule has 0 spiro atoms. The first-order valence-corrected chi connectivity index (χ1v) is 3.55. The Kier molecular flexibility index (Phi) is 1.54. The molecule has 2 rings (SSSR count). The minimum absolute atomic E-state index is 0.784. The summed E-state index contributed by atoms with van der Waals surface area (Å²) in [6, 6.07) is 0. The Hall–Kier alpha value is 0.0897. The minimum atomic E-state index is 0.784. The first-order chi connectivity index (χ1) is 4.47. The first-order valence-electron chi connectivity index (χ1n) is 3.55. The summed E-state index contributed by atoms with van der Waals surface area (Å²) in [4.78, 5) is 0. The fraction of sp³-hybridized carbons (Fsp3) is 0.750. The van der Waals surface area contributed by atoms with E-state index in [0.29, 0.717) is 0 Å². The van der Waals surface area contributed by atoms with Crippen LogP contribution in [-0.2, 0) is 0 Å². The van der Waals surface area contributed by atoms with Gasteiger partial charge in [-0.05, 0) is 0 Å². The van der Waals surface area contributed by atoms with Gasteiger partial charge in [-0.3, -0.25) is 0 Å². The second kappa shape index (κ2) is 2.37. The molecule has 0 radical (unpaired) electrons. The molecular formula is C4H7B4N. The maximum atomic E-state index is 3.35.